The van der Waals surface area contributed by atoms with E-state index in [0.717, 1.165) is 34.4 Å². The number of carbonyl (C=O) groups is 1. The first kappa shape index (κ1) is 20.0. The summed E-state index contributed by atoms with van der Waals surface area (Å²) in [6.07, 6.45) is 2.60. The molecule has 156 valence electrons. The number of hydrogen-bond donors (Lipinski definition) is 1. The number of amides is 1. The van der Waals surface area contributed by atoms with Gasteiger partial charge in [-0.25, -0.2) is 0 Å². The molecule has 1 atom stereocenters. The summed E-state index contributed by atoms with van der Waals surface area (Å²) in [6.45, 7) is 0.753. The van der Waals surface area contributed by atoms with Gasteiger partial charge in [0, 0.05) is 28.7 Å². The van der Waals surface area contributed by atoms with Crippen LogP contribution in [0.1, 0.15) is 23.6 Å². The number of carbonyl (C=O) groups excluding carboxylic acids is 1. The van der Waals surface area contributed by atoms with Gasteiger partial charge in [-0.3, -0.25) is 4.79 Å². The number of benzene rings is 3. The fraction of sp³-hybridized carbons (Fsp3) is 0.160. The highest BCUT2D eigenvalue weighted by Crippen LogP contribution is 2.42. The summed E-state index contributed by atoms with van der Waals surface area (Å²) in [5, 5.41) is 4.10. The van der Waals surface area contributed by atoms with E-state index in [1.165, 1.54) is 0 Å². The molecule has 0 saturated heterocycles. The molecule has 1 amide bonds. The molecule has 0 saturated carbocycles. The monoisotopic (exact) mass is 451 g/mol. The molecule has 3 aromatic carbocycles. The molecule has 4 nitrogen and oxygen atoms in total. The molecule has 2 aliphatic rings. The van der Waals surface area contributed by atoms with Crippen molar-refractivity contribution in [2.45, 2.75) is 12.5 Å². The van der Waals surface area contributed by atoms with Crippen LogP contribution in [0, 0.1) is 0 Å². The van der Waals surface area contributed by atoms with E-state index in [0.29, 0.717) is 28.0 Å². The Morgan fingerprint density at radius 3 is 2.65 bits per heavy atom. The molecule has 2 heterocycles. The van der Waals surface area contributed by atoms with Gasteiger partial charge < -0.3 is 14.8 Å². The summed E-state index contributed by atoms with van der Waals surface area (Å²) in [5.74, 6) is 1.37. The lowest BCUT2D eigenvalue weighted by atomic mass is 9.97. The number of halogens is 2. The third-order valence-corrected chi connectivity index (χ3v) is 6.36. The Bertz CT molecular complexity index is 1210. The summed E-state index contributed by atoms with van der Waals surface area (Å²) in [7, 11) is 0. The molecule has 0 fully saturated rings. The van der Waals surface area contributed by atoms with Crippen LogP contribution in [0.5, 0.6) is 11.5 Å². The van der Waals surface area contributed by atoms with E-state index in [-0.39, 0.29) is 18.6 Å². The predicted octanol–water partition coefficient (Wildman–Crippen LogP) is 6.08. The number of fused-ring (bicyclic) bond motifs is 2. The SMILES string of the molecule is O=C(N[C@H]1CCOc2ccccc21)C1=Cc2cccc(-c3cccc(Cl)c3Cl)c2OC1. The van der Waals surface area contributed by atoms with E-state index < -0.39 is 0 Å². The molecule has 2 aliphatic heterocycles. The van der Waals surface area contributed by atoms with Crippen molar-refractivity contribution in [3.8, 4) is 22.6 Å². The zero-order chi connectivity index (χ0) is 21.4. The Morgan fingerprint density at radius 1 is 0.935 bits per heavy atom. The van der Waals surface area contributed by atoms with Gasteiger partial charge in [0.25, 0.3) is 5.91 Å². The first-order valence-electron chi connectivity index (χ1n) is 10.0. The molecule has 0 aromatic heterocycles. The lowest BCUT2D eigenvalue weighted by Gasteiger charge is -2.28. The highest BCUT2D eigenvalue weighted by atomic mass is 35.5. The minimum atomic E-state index is -0.140. The molecule has 5 rings (SSSR count). The van der Waals surface area contributed by atoms with Crippen molar-refractivity contribution in [1.29, 1.82) is 0 Å². The van der Waals surface area contributed by atoms with Crippen LogP contribution in [0.2, 0.25) is 10.0 Å². The van der Waals surface area contributed by atoms with Crippen LogP contribution < -0.4 is 14.8 Å². The van der Waals surface area contributed by atoms with Crippen molar-refractivity contribution in [3.05, 3.63) is 87.4 Å². The number of hydrogen-bond acceptors (Lipinski definition) is 3. The zero-order valence-electron chi connectivity index (χ0n) is 16.5. The van der Waals surface area contributed by atoms with Crippen molar-refractivity contribution in [1.82, 2.24) is 5.32 Å². The maximum Gasteiger partial charge on any atom is 0.251 e. The minimum Gasteiger partial charge on any atom is -0.493 e. The molecule has 0 unspecified atom stereocenters. The molecule has 0 aliphatic carbocycles. The Hall–Kier alpha value is -2.95. The lowest BCUT2D eigenvalue weighted by Crippen LogP contribution is -2.34. The van der Waals surface area contributed by atoms with E-state index in [4.69, 9.17) is 32.7 Å². The first-order chi connectivity index (χ1) is 15.1. The van der Waals surface area contributed by atoms with Gasteiger partial charge >= 0.3 is 0 Å². The van der Waals surface area contributed by atoms with Crippen molar-refractivity contribution in [2.75, 3.05) is 13.2 Å². The van der Waals surface area contributed by atoms with Crippen LogP contribution in [0.25, 0.3) is 17.2 Å². The second-order valence-electron chi connectivity index (χ2n) is 7.48. The van der Waals surface area contributed by atoms with Gasteiger partial charge in [-0.15, -0.1) is 0 Å². The Kier molecular flexibility index (Phi) is 5.34. The first-order valence-corrected chi connectivity index (χ1v) is 10.8. The van der Waals surface area contributed by atoms with Gasteiger partial charge in [-0.2, -0.15) is 0 Å². The van der Waals surface area contributed by atoms with Gasteiger partial charge in [0.15, 0.2) is 0 Å². The van der Waals surface area contributed by atoms with E-state index in [1.807, 2.05) is 60.7 Å². The second-order valence-corrected chi connectivity index (χ2v) is 8.27. The number of para-hydroxylation sites is 2. The second kappa shape index (κ2) is 8.29. The van der Waals surface area contributed by atoms with Crippen molar-refractivity contribution < 1.29 is 14.3 Å². The standard InChI is InChI=1S/C25H19Cl2NO3/c26-20-9-4-7-17(23(20)27)18-8-3-5-15-13-16(14-31-24(15)18)25(29)28-21-11-12-30-22-10-2-1-6-19(21)22/h1-10,13,21H,11-12,14H2,(H,28,29)/t21-/m0/s1. The van der Waals surface area contributed by atoms with E-state index >= 15 is 0 Å². The van der Waals surface area contributed by atoms with E-state index in [9.17, 15) is 4.79 Å². The molecule has 1 N–H and O–H groups in total. The summed E-state index contributed by atoms with van der Waals surface area (Å²) in [5.41, 5.74) is 4.05. The maximum atomic E-state index is 13.0. The summed E-state index contributed by atoms with van der Waals surface area (Å²) in [4.78, 5) is 13.0. The van der Waals surface area contributed by atoms with Crippen LogP contribution in [0.4, 0.5) is 0 Å². The number of nitrogens with one attached hydrogen (secondary N) is 1. The van der Waals surface area contributed by atoms with Crippen molar-refractivity contribution in [3.63, 3.8) is 0 Å². The highest BCUT2D eigenvalue weighted by Gasteiger charge is 2.26. The maximum absolute atomic E-state index is 13.0. The molecular formula is C25H19Cl2NO3. The normalized spacial score (nSPS) is 16.8. The zero-order valence-corrected chi connectivity index (χ0v) is 18.0. The van der Waals surface area contributed by atoms with Crippen LogP contribution in [-0.4, -0.2) is 19.1 Å². The quantitative estimate of drug-likeness (QED) is 0.524. The summed E-state index contributed by atoms with van der Waals surface area (Å²) >= 11 is 12.6. The van der Waals surface area contributed by atoms with E-state index in [2.05, 4.69) is 5.32 Å². The molecule has 0 spiro atoms. The van der Waals surface area contributed by atoms with Gasteiger partial charge in [-0.1, -0.05) is 71.7 Å². The lowest BCUT2D eigenvalue weighted by molar-refractivity contribution is -0.118. The molecule has 3 aromatic rings. The highest BCUT2D eigenvalue weighted by molar-refractivity contribution is 6.43. The predicted molar refractivity (Wildman–Crippen MR) is 123 cm³/mol. The van der Waals surface area contributed by atoms with E-state index in [1.54, 1.807) is 6.07 Å². The summed E-state index contributed by atoms with van der Waals surface area (Å²) in [6, 6.07) is 19.0. The largest absolute Gasteiger partial charge is 0.493 e. The molecule has 0 radical (unpaired) electrons. The third-order valence-electron chi connectivity index (χ3n) is 5.54. The van der Waals surface area contributed by atoms with Crippen molar-refractivity contribution in [2.24, 2.45) is 0 Å². The fourth-order valence-electron chi connectivity index (χ4n) is 4.01. The average Bonchev–Trinajstić information content (AvgIpc) is 2.80. The van der Waals surface area contributed by atoms with Gasteiger partial charge in [0.05, 0.1) is 28.3 Å². The van der Waals surface area contributed by atoms with Crippen molar-refractivity contribution >= 4 is 35.2 Å². The smallest absolute Gasteiger partial charge is 0.251 e. The van der Waals surface area contributed by atoms with Crippen LogP contribution in [0.3, 0.4) is 0 Å². The number of rotatable bonds is 3. The third kappa shape index (κ3) is 3.78. The average molecular weight is 452 g/mol. The Labute approximate surface area is 190 Å². The molecule has 6 heteroatoms. The van der Waals surface area contributed by atoms with Gasteiger partial charge in [-0.05, 0) is 18.2 Å². The summed E-state index contributed by atoms with van der Waals surface area (Å²) < 4.78 is 11.7. The Morgan fingerprint density at radius 2 is 1.74 bits per heavy atom. The van der Waals surface area contributed by atoms with Crippen LogP contribution in [-0.2, 0) is 4.79 Å². The Balaban J connectivity index is 1.43. The molecule has 0 bridgehead atoms. The molecular weight excluding hydrogens is 433 g/mol. The topological polar surface area (TPSA) is 47.6 Å². The van der Waals surface area contributed by atoms with Gasteiger partial charge in [0.1, 0.15) is 18.1 Å². The minimum absolute atomic E-state index is 0.0867. The molecule has 31 heavy (non-hydrogen) atoms. The van der Waals surface area contributed by atoms with Crippen LogP contribution in [0.15, 0.2) is 66.2 Å². The number of ether oxygens (including phenoxy) is 2. The fourth-order valence-corrected chi connectivity index (χ4v) is 4.41. The van der Waals surface area contributed by atoms with Crippen LogP contribution >= 0.6 is 23.2 Å². The van der Waals surface area contributed by atoms with Gasteiger partial charge in [0.2, 0.25) is 0 Å².